The Morgan fingerprint density at radius 3 is 2.26 bits per heavy atom. The number of anilines is 1. The zero-order valence-electron chi connectivity index (χ0n) is 33.2. The Bertz CT molecular complexity index is 2010. The predicted octanol–water partition coefficient (Wildman–Crippen LogP) is 10.4. The maximum atomic E-state index is 11.1. The molecular formula is C45H54N4O3Si. The Kier molecular flexibility index (Phi) is 12.2. The van der Waals surface area contributed by atoms with Crippen molar-refractivity contribution in [3.8, 4) is 29.7 Å². The molecule has 0 spiro atoms. The highest BCUT2D eigenvalue weighted by Crippen LogP contribution is 2.49. The molecule has 1 aromatic carbocycles. The van der Waals surface area contributed by atoms with Crippen LogP contribution >= 0.6 is 0 Å². The van der Waals surface area contributed by atoms with Crippen molar-refractivity contribution in [1.29, 1.82) is 15.8 Å². The van der Waals surface area contributed by atoms with Gasteiger partial charge in [-0.3, -0.25) is 4.79 Å². The third-order valence-electron chi connectivity index (χ3n) is 10.4. The number of para-hydroxylation sites is 1. The SMILES string of the molecule is CC1(C)OC(=C(C#N)C#N)C(C#N)=C1C=CC1=C(C#C[Si](C)(C)C)C(=CC=C2N(CCCCCC(=O)O)c3ccccc3C2(C)C)CC(C(C)(C)C)C1. The fourth-order valence-corrected chi connectivity index (χ4v) is 7.79. The lowest BCUT2D eigenvalue weighted by atomic mass is 9.68. The van der Waals surface area contributed by atoms with Gasteiger partial charge in [-0.25, -0.2) is 0 Å². The van der Waals surface area contributed by atoms with E-state index in [1.54, 1.807) is 0 Å². The summed E-state index contributed by atoms with van der Waals surface area (Å²) in [5.74, 6) is 3.25. The van der Waals surface area contributed by atoms with Crippen molar-refractivity contribution in [3.05, 3.63) is 99.0 Å². The number of carboxylic acid groups (broad SMARTS) is 1. The number of nitriles is 3. The first-order valence-electron chi connectivity index (χ1n) is 18.6. The van der Waals surface area contributed by atoms with Crippen molar-refractivity contribution in [1.82, 2.24) is 0 Å². The van der Waals surface area contributed by atoms with Gasteiger partial charge >= 0.3 is 5.97 Å². The zero-order chi connectivity index (χ0) is 39.4. The van der Waals surface area contributed by atoms with Gasteiger partial charge in [-0.05, 0) is 79.7 Å². The van der Waals surface area contributed by atoms with Crippen LogP contribution in [-0.4, -0.2) is 31.3 Å². The molecule has 2 heterocycles. The van der Waals surface area contributed by atoms with Gasteiger partial charge in [0.05, 0.1) is 0 Å². The number of carboxylic acids is 1. The molecule has 7 nitrogen and oxygen atoms in total. The maximum Gasteiger partial charge on any atom is 0.303 e. The van der Waals surface area contributed by atoms with Gasteiger partial charge in [0.2, 0.25) is 0 Å². The second-order valence-electron chi connectivity index (χ2n) is 17.4. The van der Waals surface area contributed by atoms with Crippen LogP contribution in [-0.2, 0) is 14.9 Å². The van der Waals surface area contributed by atoms with Gasteiger partial charge in [0.1, 0.15) is 37.5 Å². The van der Waals surface area contributed by atoms with E-state index >= 15 is 0 Å². The topological polar surface area (TPSA) is 121 Å². The van der Waals surface area contributed by atoms with E-state index in [1.165, 1.54) is 22.5 Å². The second-order valence-corrected chi connectivity index (χ2v) is 22.1. The molecule has 4 rings (SSSR count). The van der Waals surface area contributed by atoms with Gasteiger partial charge < -0.3 is 14.7 Å². The summed E-state index contributed by atoms with van der Waals surface area (Å²) in [5.41, 5.74) is 10.1. The maximum absolute atomic E-state index is 11.1. The molecule has 53 heavy (non-hydrogen) atoms. The fraction of sp³-hybridized carbons (Fsp3) is 0.467. The number of benzene rings is 1. The van der Waals surface area contributed by atoms with Gasteiger partial charge in [-0.15, -0.1) is 5.54 Å². The summed E-state index contributed by atoms with van der Waals surface area (Å²) in [6.45, 7) is 22.6. The van der Waals surface area contributed by atoms with Crippen molar-refractivity contribution < 1.29 is 14.6 Å². The van der Waals surface area contributed by atoms with Crippen LogP contribution in [0.4, 0.5) is 5.69 Å². The van der Waals surface area contributed by atoms with E-state index in [9.17, 15) is 20.6 Å². The van der Waals surface area contributed by atoms with E-state index in [0.717, 1.165) is 43.4 Å². The highest BCUT2D eigenvalue weighted by Gasteiger charge is 2.41. The molecule has 276 valence electrons. The number of hydrogen-bond donors (Lipinski definition) is 1. The highest BCUT2D eigenvalue weighted by molar-refractivity contribution is 6.83. The molecule has 0 saturated heterocycles. The van der Waals surface area contributed by atoms with Gasteiger partial charge in [0.15, 0.2) is 11.3 Å². The Labute approximate surface area is 318 Å². The smallest absolute Gasteiger partial charge is 0.303 e. The third-order valence-corrected chi connectivity index (χ3v) is 11.3. The molecule has 2 aliphatic heterocycles. The van der Waals surface area contributed by atoms with E-state index in [0.29, 0.717) is 17.9 Å². The summed E-state index contributed by atoms with van der Waals surface area (Å²) in [6.07, 6.45) is 12.8. The van der Waals surface area contributed by atoms with Crippen LogP contribution in [0.1, 0.15) is 92.6 Å². The predicted molar refractivity (Wildman–Crippen MR) is 215 cm³/mol. The molecule has 3 aliphatic rings. The van der Waals surface area contributed by atoms with Crippen LogP contribution in [0.15, 0.2) is 93.5 Å². The fourth-order valence-electron chi connectivity index (χ4n) is 7.29. The number of carbonyl (C=O) groups is 1. The van der Waals surface area contributed by atoms with E-state index in [1.807, 2.05) is 32.1 Å². The molecular weight excluding hydrogens is 673 g/mol. The van der Waals surface area contributed by atoms with E-state index in [-0.39, 0.29) is 34.2 Å². The Morgan fingerprint density at radius 1 is 0.981 bits per heavy atom. The number of nitrogens with zero attached hydrogens (tertiary/aromatic N) is 4. The zero-order valence-corrected chi connectivity index (χ0v) is 34.2. The Balaban J connectivity index is 1.91. The summed E-state index contributed by atoms with van der Waals surface area (Å²) in [4.78, 5) is 13.5. The molecule has 1 unspecified atom stereocenters. The van der Waals surface area contributed by atoms with Crippen LogP contribution in [0.5, 0.6) is 0 Å². The first kappa shape index (κ1) is 40.7. The van der Waals surface area contributed by atoms with Crippen molar-refractivity contribution in [2.75, 3.05) is 11.4 Å². The number of hydrogen-bond acceptors (Lipinski definition) is 6. The lowest BCUT2D eigenvalue weighted by Crippen LogP contribution is -2.27. The van der Waals surface area contributed by atoms with Crippen LogP contribution in [0, 0.1) is 56.8 Å². The number of allylic oxidation sites excluding steroid dienone is 9. The average molecular weight is 727 g/mol. The van der Waals surface area contributed by atoms with E-state index in [4.69, 9.17) is 9.84 Å². The standard InChI is InChI=1S/C45H54N4O3Si/c1-43(2,3)34-26-31(19-21-37-36(30-48)42(33(28-46)29-47)52-45(37,6)7)35(23-25-53(8,9)10)32(27-34)20-22-40-44(4,5)38-16-13-14-17-39(38)49(40)24-15-11-12-18-41(50)51/h13-14,16-17,19-22,34H,11-12,15,18,24,26-27H2,1-10H3,(H,50,51). The van der Waals surface area contributed by atoms with Gasteiger partial charge in [-0.1, -0.05) is 103 Å². The monoisotopic (exact) mass is 726 g/mol. The molecule has 1 aromatic rings. The summed E-state index contributed by atoms with van der Waals surface area (Å²) >= 11 is 0. The Hall–Kier alpha value is -5.02. The third kappa shape index (κ3) is 9.32. The molecule has 1 N–H and O–H groups in total. The van der Waals surface area contributed by atoms with E-state index < -0.39 is 19.6 Å². The van der Waals surface area contributed by atoms with Gasteiger partial charge in [0.25, 0.3) is 0 Å². The lowest BCUT2D eigenvalue weighted by Gasteiger charge is -2.36. The molecule has 0 bridgehead atoms. The van der Waals surface area contributed by atoms with Gasteiger partial charge in [-0.2, -0.15) is 15.8 Å². The Morgan fingerprint density at radius 2 is 1.66 bits per heavy atom. The van der Waals surface area contributed by atoms with Crippen LogP contribution in [0.2, 0.25) is 19.6 Å². The number of fused-ring (bicyclic) bond motifs is 1. The number of aliphatic carboxylic acids is 1. The number of rotatable bonds is 9. The number of unbranched alkanes of at least 4 members (excludes halogenated alkanes) is 2. The van der Waals surface area contributed by atoms with Crippen molar-refractivity contribution >= 4 is 19.7 Å². The molecule has 0 radical (unpaired) electrons. The summed E-state index contributed by atoms with van der Waals surface area (Å²) in [6, 6.07) is 14.5. The minimum Gasteiger partial charge on any atom is -0.481 e. The molecule has 0 fully saturated rings. The quantitative estimate of drug-likeness (QED) is 0.116. The molecule has 0 saturated carbocycles. The van der Waals surface area contributed by atoms with Crippen molar-refractivity contribution in [2.45, 2.75) is 118 Å². The highest BCUT2D eigenvalue weighted by atomic mass is 28.3. The second kappa shape index (κ2) is 15.9. The largest absolute Gasteiger partial charge is 0.481 e. The van der Waals surface area contributed by atoms with Crippen LogP contribution in [0.25, 0.3) is 0 Å². The van der Waals surface area contributed by atoms with Crippen LogP contribution < -0.4 is 4.90 Å². The summed E-state index contributed by atoms with van der Waals surface area (Å²) in [7, 11) is -1.77. The summed E-state index contributed by atoms with van der Waals surface area (Å²) in [5, 5.41) is 38.5. The molecule has 0 amide bonds. The molecule has 1 atom stereocenters. The normalized spacial score (nSPS) is 20.8. The minimum absolute atomic E-state index is 0.00509. The molecule has 0 aromatic heterocycles. The molecule has 1 aliphatic carbocycles. The molecule has 8 heteroatoms. The summed E-state index contributed by atoms with van der Waals surface area (Å²) < 4.78 is 6.07. The van der Waals surface area contributed by atoms with Crippen molar-refractivity contribution in [2.24, 2.45) is 11.3 Å². The number of ether oxygens (including phenoxy) is 1. The first-order valence-corrected chi connectivity index (χ1v) is 22.1. The lowest BCUT2D eigenvalue weighted by molar-refractivity contribution is -0.137. The average Bonchev–Trinajstić information content (AvgIpc) is 3.45. The van der Waals surface area contributed by atoms with Crippen molar-refractivity contribution in [3.63, 3.8) is 0 Å². The minimum atomic E-state index is -1.77. The first-order chi connectivity index (χ1) is 24.7. The van der Waals surface area contributed by atoms with Crippen LogP contribution in [0.3, 0.4) is 0 Å². The van der Waals surface area contributed by atoms with E-state index in [2.05, 4.69) is 119 Å². The van der Waals surface area contributed by atoms with Gasteiger partial charge in [0, 0.05) is 40.9 Å².